The molecule has 2 fully saturated rings. The lowest BCUT2D eigenvalue weighted by atomic mass is 9.98. The van der Waals surface area contributed by atoms with Gasteiger partial charge in [-0.05, 0) is 67.3 Å². The summed E-state index contributed by atoms with van der Waals surface area (Å²) in [6.45, 7) is 3.82. The molecule has 4 atom stereocenters. The molecule has 220 valence electrons. The third-order valence-corrected chi connectivity index (χ3v) is 7.25. The van der Waals surface area contributed by atoms with Gasteiger partial charge in [-0.1, -0.05) is 13.8 Å². The van der Waals surface area contributed by atoms with E-state index < -0.39 is 53.9 Å². The number of rotatable bonds is 9. The van der Waals surface area contributed by atoms with Crippen LogP contribution < -0.4 is 20.3 Å². The van der Waals surface area contributed by atoms with Crippen molar-refractivity contribution in [3.63, 3.8) is 0 Å². The van der Waals surface area contributed by atoms with E-state index in [2.05, 4.69) is 15.4 Å². The van der Waals surface area contributed by atoms with E-state index in [4.69, 9.17) is 0 Å². The van der Waals surface area contributed by atoms with Crippen LogP contribution in [0.1, 0.15) is 47.4 Å². The Morgan fingerprint density at radius 2 is 1.66 bits per heavy atom. The van der Waals surface area contributed by atoms with E-state index in [1.54, 1.807) is 24.3 Å². The first kappa shape index (κ1) is 30.0. The normalized spacial score (nSPS) is 21.0. The summed E-state index contributed by atoms with van der Waals surface area (Å²) >= 11 is 0. The molecule has 2 aliphatic heterocycles. The molecule has 2 aliphatic rings. The number of hydrogen-bond donors (Lipinski definition) is 2. The highest BCUT2D eigenvalue weighted by Gasteiger charge is 2.53. The van der Waals surface area contributed by atoms with Crippen LogP contribution in [0.5, 0.6) is 5.75 Å². The molecule has 2 saturated heterocycles. The monoisotopic (exact) mass is 574 g/mol. The van der Waals surface area contributed by atoms with Gasteiger partial charge in [-0.2, -0.15) is 0 Å². The number of Topliss-reactive ketones (excluding diaryl/α,β-unsaturated/α-hetero) is 2. The fraction of sp³-hybridized carbons (Fsp3) is 0.448. The number of halogens is 3. The predicted octanol–water partition coefficient (Wildman–Crippen LogP) is 3.19. The number of hydrogen-bond acceptors (Lipinski definition) is 7. The first-order valence-electron chi connectivity index (χ1n) is 13.3. The molecule has 9 nitrogen and oxygen atoms in total. The summed E-state index contributed by atoms with van der Waals surface area (Å²) in [4.78, 5) is 56.8. The minimum absolute atomic E-state index is 0.00787. The molecule has 0 saturated carbocycles. The van der Waals surface area contributed by atoms with Crippen LogP contribution in [0.25, 0.3) is 0 Å². The first-order valence-corrected chi connectivity index (χ1v) is 13.3. The SMILES string of the molecule is CC(C)C[C@H](NC(=O)c1ccc(N(C)C)cc1)C(=O)N1C(C(=O)c2ccc(OC(F)(F)F)cc2)CC2NCC(=O)C21. The van der Waals surface area contributed by atoms with Crippen LogP contribution in [0, 0.1) is 5.92 Å². The molecule has 0 spiro atoms. The van der Waals surface area contributed by atoms with E-state index in [-0.39, 0.29) is 36.7 Å². The molecular formula is C29H33F3N4O5. The quantitative estimate of drug-likeness (QED) is 0.443. The van der Waals surface area contributed by atoms with Crippen LogP contribution >= 0.6 is 0 Å². The second-order valence-electron chi connectivity index (χ2n) is 10.9. The van der Waals surface area contributed by atoms with Gasteiger partial charge in [0.25, 0.3) is 5.91 Å². The van der Waals surface area contributed by atoms with Crippen molar-refractivity contribution < 1.29 is 37.1 Å². The Morgan fingerprint density at radius 1 is 1.05 bits per heavy atom. The third-order valence-electron chi connectivity index (χ3n) is 7.25. The number of nitrogens with one attached hydrogen (secondary N) is 2. The van der Waals surface area contributed by atoms with E-state index in [0.717, 1.165) is 17.8 Å². The highest BCUT2D eigenvalue weighted by Crippen LogP contribution is 2.33. The van der Waals surface area contributed by atoms with Crippen molar-refractivity contribution in [2.45, 2.75) is 57.2 Å². The van der Waals surface area contributed by atoms with Crippen LogP contribution in [0.3, 0.4) is 0 Å². The number of likely N-dealkylation sites (tertiary alicyclic amines) is 1. The van der Waals surface area contributed by atoms with Crippen molar-refractivity contribution >= 4 is 29.1 Å². The van der Waals surface area contributed by atoms with Crippen LogP contribution in [-0.2, 0) is 9.59 Å². The Balaban J connectivity index is 1.60. The largest absolute Gasteiger partial charge is 0.573 e. The van der Waals surface area contributed by atoms with Gasteiger partial charge in [-0.3, -0.25) is 19.2 Å². The topological polar surface area (TPSA) is 108 Å². The van der Waals surface area contributed by atoms with Crippen molar-refractivity contribution in [1.29, 1.82) is 0 Å². The van der Waals surface area contributed by atoms with Gasteiger partial charge in [0.05, 0.1) is 12.6 Å². The average molecular weight is 575 g/mol. The molecule has 12 heteroatoms. The van der Waals surface area contributed by atoms with Gasteiger partial charge in [-0.15, -0.1) is 13.2 Å². The standard InChI is InChI=1S/C29H33F3N4O5/c1-16(2)13-22(34-27(39)18-5-9-19(10-6-18)35(3)4)28(40)36-23(14-21-25(36)24(37)15-33-21)26(38)17-7-11-20(12-8-17)41-29(30,31)32/h5-12,16,21-23,25,33H,13-15H2,1-4H3,(H,34,39)/t21?,22-,23?,25?/m0/s1. The van der Waals surface area contributed by atoms with Crippen LogP contribution in [0.4, 0.5) is 18.9 Å². The molecule has 0 bridgehead atoms. The van der Waals surface area contributed by atoms with Gasteiger partial charge in [0.2, 0.25) is 5.91 Å². The molecule has 2 N–H and O–H groups in total. The van der Waals surface area contributed by atoms with E-state index in [0.29, 0.717) is 5.56 Å². The number of amides is 2. The summed E-state index contributed by atoms with van der Waals surface area (Å²) in [7, 11) is 3.74. The molecule has 2 amide bonds. The van der Waals surface area contributed by atoms with Crippen molar-refractivity contribution in [1.82, 2.24) is 15.5 Å². The zero-order valence-corrected chi connectivity index (χ0v) is 23.2. The lowest BCUT2D eigenvalue weighted by molar-refractivity contribution is -0.274. The van der Waals surface area contributed by atoms with Crippen molar-refractivity contribution in [3.05, 3.63) is 59.7 Å². The Hall–Kier alpha value is -3.93. The zero-order valence-electron chi connectivity index (χ0n) is 23.2. The van der Waals surface area contributed by atoms with Gasteiger partial charge in [0.15, 0.2) is 11.6 Å². The highest BCUT2D eigenvalue weighted by molar-refractivity contribution is 6.06. The Morgan fingerprint density at radius 3 is 2.22 bits per heavy atom. The molecule has 2 aromatic rings. The summed E-state index contributed by atoms with van der Waals surface area (Å²) < 4.78 is 41.6. The number of ketones is 2. The lowest BCUT2D eigenvalue weighted by Gasteiger charge is -2.32. The third kappa shape index (κ3) is 6.87. The van der Waals surface area contributed by atoms with E-state index in [9.17, 15) is 32.3 Å². The van der Waals surface area contributed by atoms with E-state index in [1.165, 1.54) is 17.0 Å². The summed E-state index contributed by atoms with van der Waals surface area (Å²) in [5.41, 5.74) is 1.31. The minimum atomic E-state index is -4.88. The molecule has 0 aromatic heterocycles. The molecule has 0 radical (unpaired) electrons. The molecule has 2 aromatic carbocycles. The number of fused-ring (bicyclic) bond motifs is 1. The Bertz CT molecular complexity index is 1300. The molecule has 2 heterocycles. The van der Waals surface area contributed by atoms with Crippen molar-refractivity contribution in [2.24, 2.45) is 5.92 Å². The predicted molar refractivity (Wildman–Crippen MR) is 145 cm³/mol. The number of anilines is 1. The number of carbonyl (C=O) groups is 4. The summed E-state index contributed by atoms with van der Waals surface area (Å²) in [5.74, 6) is -2.29. The summed E-state index contributed by atoms with van der Waals surface area (Å²) in [6.07, 6.45) is -4.47. The fourth-order valence-electron chi connectivity index (χ4n) is 5.34. The van der Waals surface area contributed by atoms with Gasteiger partial charge >= 0.3 is 6.36 Å². The highest BCUT2D eigenvalue weighted by atomic mass is 19.4. The minimum Gasteiger partial charge on any atom is -0.406 e. The van der Waals surface area contributed by atoms with Gasteiger partial charge in [-0.25, -0.2) is 0 Å². The summed E-state index contributed by atoms with van der Waals surface area (Å²) in [6, 6.07) is 7.88. The maximum Gasteiger partial charge on any atom is 0.573 e. The number of ether oxygens (including phenoxy) is 1. The number of carbonyl (C=O) groups excluding carboxylic acids is 4. The second kappa shape index (κ2) is 11.9. The van der Waals surface area contributed by atoms with Crippen molar-refractivity contribution in [2.75, 3.05) is 25.5 Å². The molecule has 41 heavy (non-hydrogen) atoms. The molecule has 0 aliphatic carbocycles. The molecular weight excluding hydrogens is 541 g/mol. The van der Waals surface area contributed by atoms with E-state index in [1.807, 2.05) is 32.8 Å². The lowest BCUT2D eigenvalue weighted by Crippen LogP contribution is -2.56. The van der Waals surface area contributed by atoms with Crippen LogP contribution in [0.15, 0.2) is 48.5 Å². The summed E-state index contributed by atoms with van der Waals surface area (Å²) in [5, 5.41) is 5.86. The maximum atomic E-state index is 14.1. The number of alkyl halides is 3. The van der Waals surface area contributed by atoms with Crippen LogP contribution in [-0.4, -0.2) is 79.5 Å². The fourth-order valence-corrected chi connectivity index (χ4v) is 5.34. The maximum absolute atomic E-state index is 14.1. The first-order chi connectivity index (χ1) is 19.2. The van der Waals surface area contributed by atoms with Gasteiger partial charge in [0.1, 0.15) is 17.8 Å². The zero-order chi connectivity index (χ0) is 30.1. The smallest absolute Gasteiger partial charge is 0.406 e. The van der Waals surface area contributed by atoms with Crippen molar-refractivity contribution in [3.8, 4) is 5.75 Å². The Kier molecular flexibility index (Phi) is 8.71. The van der Waals surface area contributed by atoms with Gasteiger partial charge in [0, 0.05) is 37.0 Å². The Labute approximate surface area is 236 Å². The van der Waals surface area contributed by atoms with Gasteiger partial charge < -0.3 is 25.2 Å². The average Bonchev–Trinajstić information content (AvgIpc) is 3.46. The molecule has 3 unspecified atom stereocenters. The molecule has 4 rings (SSSR count). The number of nitrogens with zero attached hydrogens (tertiary/aromatic N) is 2. The van der Waals surface area contributed by atoms with Crippen LogP contribution in [0.2, 0.25) is 0 Å². The number of benzene rings is 2. The van der Waals surface area contributed by atoms with E-state index >= 15 is 0 Å². The second-order valence-corrected chi connectivity index (χ2v) is 10.9.